The molecule has 0 bridgehead atoms. The number of para-hydroxylation sites is 1. The number of nitrogens with two attached hydrogens (primary N) is 1. The van der Waals surface area contributed by atoms with Gasteiger partial charge in [-0.15, -0.1) is 0 Å². The molecule has 0 aromatic heterocycles. The van der Waals surface area contributed by atoms with Gasteiger partial charge in [0.2, 0.25) is 6.10 Å². The molecule has 0 aliphatic carbocycles. The first-order valence-corrected chi connectivity index (χ1v) is 12.6. The lowest BCUT2D eigenvalue weighted by atomic mass is 9.99. The molecule has 0 radical (unpaired) electrons. The standard InChI is InChI=1S/C27H31F3N4O5/c1-16-13-17(14-20(23(16)31)27(28,29)30)15-22(24(35)38-2)39-26(37)33-10-8-19(9-11-33)34-12-7-18-5-3-4-6-21(18)32-25(34)36/h3-6,13-14,19,22H,7-12,15,31H2,1-2H3,(H,32,36)/t22-/m1/s1. The molecule has 0 saturated carbocycles. The number of carbonyl (C=O) groups is 3. The van der Waals surface area contributed by atoms with E-state index in [0.29, 0.717) is 25.8 Å². The fraction of sp³-hybridized carbons (Fsp3) is 0.444. The van der Waals surface area contributed by atoms with Gasteiger partial charge < -0.3 is 30.3 Å². The molecule has 210 valence electrons. The van der Waals surface area contributed by atoms with E-state index in [9.17, 15) is 27.6 Å². The Hall–Kier alpha value is -3.96. The van der Waals surface area contributed by atoms with Crippen LogP contribution < -0.4 is 11.1 Å². The summed E-state index contributed by atoms with van der Waals surface area (Å²) in [6.45, 7) is 2.55. The summed E-state index contributed by atoms with van der Waals surface area (Å²) in [4.78, 5) is 41.3. The largest absolute Gasteiger partial charge is 0.466 e. The number of hydrogen-bond donors (Lipinski definition) is 2. The molecule has 3 amide bonds. The number of halogens is 3. The van der Waals surface area contributed by atoms with Crippen LogP contribution in [0.4, 0.5) is 34.1 Å². The predicted molar refractivity (Wildman–Crippen MR) is 137 cm³/mol. The van der Waals surface area contributed by atoms with Crippen molar-refractivity contribution >= 4 is 29.5 Å². The van der Waals surface area contributed by atoms with Crippen molar-refractivity contribution in [2.75, 3.05) is 37.8 Å². The third-order valence-electron chi connectivity index (χ3n) is 7.19. The minimum atomic E-state index is -4.68. The Labute approximate surface area is 224 Å². The lowest BCUT2D eigenvalue weighted by Gasteiger charge is -2.37. The Morgan fingerprint density at radius 2 is 1.85 bits per heavy atom. The third kappa shape index (κ3) is 6.37. The van der Waals surface area contributed by atoms with Crippen LogP contribution in [0.5, 0.6) is 0 Å². The number of nitrogens with one attached hydrogen (secondary N) is 1. The minimum absolute atomic E-state index is 0.0849. The second-order valence-corrected chi connectivity index (χ2v) is 9.72. The Morgan fingerprint density at radius 1 is 1.15 bits per heavy atom. The van der Waals surface area contributed by atoms with E-state index >= 15 is 0 Å². The monoisotopic (exact) mass is 548 g/mol. The number of amides is 3. The van der Waals surface area contributed by atoms with E-state index in [-0.39, 0.29) is 42.7 Å². The van der Waals surface area contributed by atoms with Gasteiger partial charge in [0.15, 0.2) is 0 Å². The molecule has 1 fully saturated rings. The average molecular weight is 549 g/mol. The van der Waals surface area contributed by atoms with Crippen LogP contribution in [-0.2, 0) is 33.3 Å². The lowest BCUT2D eigenvalue weighted by Crippen LogP contribution is -2.50. The summed E-state index contributed by atoms with van der Waals surface area (Å²) in [6.07, 6.45) is -5.49. The lowest BCUT2D eigenvalue weighted by molar-refractivity contribution is -0.151. The molecule has 2 aliphatic heterocycles. The summed E-state index contributed by atoms with van der Waals surface area (Å²) >= 11 is 0. The number of anilines is 2. The molecule has 0 unspecified atom stereocenters. The molecule has 9 nitrogen and oxygen atoms in total. The molecule has 2 aromatic carbocycles. The number of hydrogen-bond acceptors (Lipinski definition) is 6. The van der Waals surface area contributed by atoms with Crippen molar-refractivity contribution in [1.29, 1.82) is 0 Å². The summed E-state index contributed by atoms with van der Waals surface area (Å²) in [5.74, 6) is -0.887. The number of nitrogen functional groups attached to an aromatic ring is 1. The zero-order valence-corrected chi connectivity index (χ0v) is 21.7. The molecule has 2 heterocycles. The summed E-state index contributed by atoms with van der Waals surface area (Å²) < 4.78 is 50.4. The summed E-state index contributed by atoms with van der Waals surface area (Å²) in [5.41, 5.74) is 6.35. The zero-order chi connectivity index (χ0) is 28.3. The van der Waals surface area contributed by atoms with Crippen molar-refractivity contribution in [3.63, 3.8) is 0 Å². The van der Waals surface area contributed by atoms with Crippen molar-refractivity contribution in [3.8, 4) is 0 Å². The van der Waals surface area contributed by atoms with Crippen LogP contribution in [0.15, 0.2) is 36.4 Å². The molecule has 3 N–H and O–H groups in total. The maximum atomic E-state index is 13.4. The fourth-order valence-corrected chi connectivity index (χ4v) is 5.04. The van der Waals surface area contributed by atoms with E-state index in [1.165, 1.54) is 17.9 Å². The Bertz CT molecular complexity index is 1240. The van der Waals surface area contributed by atoms with E-state index in [2.05, 4.69) is 5.32 Å². The van der Waals surface area contributed by atoms with Gasteiger partial charge in [0.1, 0.15) is 0 Å². The highest BCUT2D eigenvalue weighted by molar-refractivity contribution is 5.91. The van der Waals surface area contributed by atoms with E-state index in [4.69, 9.17) is 15.2 Å². The van der Waals surface area contributed by atoms with Crippen LogP contribution in [-0.4, -0.2) is 66.8 Å². The Morgan fingerprint density at radius 3 is 2.51 bits per heavy atom. The number of aryl methyl sites for hydroxylation is 1. The van der Waals surface area contributed by atoms with Gasteiger partial charge in [0.25, 0.3) is 0 Å². The number of alkyl halides is 3. The zero-order valence-electron chi connectivity index (χ0n) is 21.7. The fourth-order valence-electron chi connectivity index (χ4n) is 5.04. The number of benzene rings is 2. The number of fused-ring (bicyclic) bond motifs is 1. The summed E-state index contributed by atoms with van der Waals surface area (Å²) in [5, 5.41) is 2.94. The summed E-state index contributed by atoms with van der Waals surface area (Å²) in [6, 6.07) is 9.63. The topological polar surface area (TPSA) is 114 Å². The Balaban J connectivity index is 1.38. The number of rotatable bonds is 5. The number of likely N-dealkylation sites (tertiary alicyclic amines) is 1. The maximum absolute atomic E-state index is 13.4. The molecule has 39 heavy (non-hydrogen) atoms. The molecule has 2 aliphatic rings. The number of methoxy groups -OCH3 is 1. The average Bonchev–Trinajstić information content (AvgIpc) is 3.07. The van der Waals surface area contributed by atoms with Gasteiger partial charge in [-0.3, -0.25) is 0 Å². The number of piperidine rings is 1. The van der Waals surface area contributed by atoms with E-state index in [0.717, 1.165) is 24.4 Å². The van der Waals surface area contributed by atoms with Gasteiger partial charge >= 0.3 is 24.3 Å². The van der Waals surface area contributed by atoms with Gasteiger partial charge in [0.05, 0.1) is 12.7 Å². The van der Waals surface area contributed by atoms with Crippen LogP contribution in [0.25, 0.3) is 0 Å². The van der Waals surface area contributed by atoms with Crippen molar-refractivity contribution in [1.82, 2.24) is 9.80 Å². The van der Waals surface area contributed by atoms with Crippen molar-refractivity contribution in [2.45, 2.75) is 50.9 Å². The second-order valence-electron chi connectivity index (χ2n) is 9.72. The van der Waals surface area contributed by atoms with Gasteiger partial charge in [-0.05, 0) is 55.0 Å². The predicted octanol–water partition coefficient (Wildman–Crippen LogP) is 4.37. The quantitative estimate of drug-likeness (QED) is 0.424. The van der Waals surface area contributed by atoms with E-state index in [1.807, 2.05) is 24.3 Å². The van der Waals surface area contributed by atoms with Crippen LogP contribution in [0.1, 0.15) is 35.1 Å². The molecule has 4 rings (SSSR count). The highest BCUT2D eigenvalue weighted by Crippen LogP contribution is 2.36. The molecule has 12 heteroatoms. The van der Waals surface area contributed by atoms with Crippen molar-refractivity contribution in [2.24, 2.45) is 0 Å². The van der Waals surface area contributed by atoms with Gasteiger partial charge in [0, 0.05) is 43.5 Å². The van der Waals surface area contributed by atoms with Gasteiger partial charge in [-0.2, -0.15) is 13.2 Å². The Kier molecular flexibility index (Phi) is 8.22. The SMILES string of the molecule is COC(=O)[C@@H](Cc1cc(C)c(N)c(C(F)(F)F)c1)OC(=O)N1CCC(N2CCc3ccccc3NC2=O)CC1. The number of ether oxygens (including phenoxy) is 2. The maximum Gasteiger partial charge on any atom is 0.418 e. The number of nitrogens with zero attached hydrogens (tertiary/aromatic N) is 2. The van der Waals surface area contributed by atoms with Crippen LogP contribution in [0, 0.1) is 6.92 Å². The minimum Gasteiger partial charge on any atom is -0.466 e. The normalized spacial score (nSPS) is 17.1. The smallest absolute Gasteiger partial charge is 0.418 e. The van der Waals surface area contributed by atoms with Crippen molar-refractivity contribution in [3.05, 3.63) is 58.7 Å². The van der Waals surface area contributed by atoms with Crippen LogP contribution in [0.3, 0.4) is 0 Å². The van der Waals surface area contributed by atoms with E-state index < -0.39 is 35.6 Å². The summed E-state index contributed by atoms with van der Waals surface area (Å²) in [7, 11) is 1.11. The first-order chi connectivity index (χ1) is 18.5. The molecule has 1 atom stereocenters. The number of urea groups is 1. The van der Waals surface area contributed by atoms with Gasteiger partial charge in [-0.1, -0.05) is 24.3 Å². The molecule has 0 spiro atoms. The highest BCUT2D eigenvalue weighted by Gasteiger charge is 2.36. The number of carbonyl (C=O) groups excluding carboxylic acids is 3. The number of esters is 1. The molecular weight excluding hydrogens is 517 g/mol. The van der Waals surface area contributed by atoms with Crippen molar-refractivity contribution < 1.29 is 37.0 Å². The highest BCUT2D eigenvalue weighted by atomic mass is 19.4. The van der Waals surface area contributed by atoms with Crippen LogP contribution >= 0.6 is 0 Å². The van der Waals surface area contributed by atoms with Crippen LogP contribution in [0.2, 0.25) is 0 Å². The molecule has 1 saturated heterocycles. The third-order valence-corrected chi connectivity index (χ3v) is 7.19. The second kappa shape index (κ2) is 11.4. The first-order valence-electron chi connectivity index (χ1n) is 12.6. The molecule has 2 aromatic rings. The van der Waals surface area contributed by atoms with Gasteiger partial charge in [-0.25, -0.2) is 14.4 Å². The molecular formula is C27H31F3N4O5. The van der Waals surface area contributed by atoms with E-state index in [1.54, 1.807) is 4.90 Å². The first kappa shape index (κ1) is 28.1.